The zero-order valence-electron chi connectivity index (χ0n) is 18.2. The molecule has 0 bridgehead atoms. The molecule has 3 aromatic carbocycles. The zero-order valence-corrected chi connectivity index (χ0v) is 18.2. The van der Waals surface area contributed by atoms with Gasteiger partial charge in [-0.25, -0.2) is 4.98 Å². The molecule has 0 atom stereocenters. The van der Waals surface area contributed by atoms with E-state index < -0.39 is 17.7 Å². The molecule has 0 spiro atoms. The molecule has 0 unspecified atom stereocenters. The third-order valence-corrected chi connectivity index (χ3v) is 4.91. The van der Waals surface area contributed by atoms with Gasteiger partial charge in [0.05, 0.1) is 23.3 Å². The number of benzene rings is 3. The fraction of sp³-hybridized carbons (Fsp3) is 0.0769. The summed E-state index contributed by atoms with van der Waals surface area (Å²) in [6, 6.07) is 27.3. The molecule has 8 heteroatoms. The highest BCUT2D eigenvalue weighted by Gasteiger charge is 2.15. The van der Waals surface area contributed by atoms with Gasteiger partial charge in [-0.2, -0.15) is 0 Å². The Kier molecular flexibility index (Phi) is 7.09. The van der Waals surface area contributed by atoms with Gasteiger partial charge in [0, 0.05) is 10.9 Å². The van der Waals surface area contributed by atoms with Crippen LogP contribution in [0.15, 0.2) is 91.0 Å². The van der Waals surface area contributed by atoms with E-state index in [1.165, 1.54) is 0 Å². The SMILES string of the molecule is O=C(COc1ccccc1)NCC(=O)NNC(=O)c1cc(-c2ccccc2)nc2ccccc12. The van der Waals surface area contributed by atoms with Crippen molar-refractivity contribution in [1.29, 1.82) is 0 Å². The number of ether oxygens (including phenoxy) is 1. The fourth-order valence-corrected chi connectivity index (χ4v) is 3.25. The number of para-hydroxylation sites is 2. The topological polar surface area (TPSA) is 109 Å². The smallest absolute Gasteiger partial charge is 0.270 e. The average Bonchev–Trinajstić information content (AvgIpc) is 2.89. The minimum Gasteiger partial charge on any atom is -0.484 e. The van der Waals surface area contributed by atoms with Crippen LogP contribution in [0.2, 0.25) is 0 Å². The number of fused-ring (bicyclic) bond motifs is 1. The Morgan fingerprint density at radius 3 is 2.21 bits per heavy atom. The Morgan fingerprint density at radius 1 is 0.765 bits per heavy atom. The highest BCUT2D eigenvalue weighted by atomic mass is 16.5. The molecule has 1 heterocycles. The Hall–Kier alpha value is -4.72. The summed E-state index contributed by atoms with van der Waals surface area (Å²) in [7, 11) is 0. The maximum atomic E-state index is 12.9. The maximum Gasteiger partial charge on any atom is 0.270 e. The lowest BCUT2D eigenvalue weighted by atomic mass is 10.0. The second kappa shape index (κ2) is 10.7. The molecule has 0 aliphatic carbocycles. The zero-order chi connectivity index (χ0) is 23.8. The highest BCUT2D eigenvalue weighted by molar-refractivity contribution is 6.07. The maximum absolute atomic E-state index is 12.9. The monoisotopic (exact) mass is 454 g/mol. The molecule has 1 aromatic heterocycles. The predicted molar refractivity (Wildman–Crippen MR) is 128 cm³/mol. The molecular weight excluding hydrogens is 432 g/mol. The molecule has 0 aliphatic rings. The van der Waals surface area contributed by atoms with Gasteiger partial charge in [-0.15, -0.1) is 0 Å². The van der Waals surface area contributed by atoms with Gasteiger partial charge in [-0.3, -0.25) is 25.2 Å². The molecule has 34 heavy (non-hydrogen) atoms. The molecular formula is C26H22N4O4. The van der Waals surface area contributed by atoms with E-state index >= 15 is 0 Å². The van der Waals surface area contributed by atoms with Crippen LogP contribution >= 0.6 is 0 Å². The van der Waals surface area contributed by atoms with Gasteiger partial charge in [-0.1, -0.05) is 66.7 Å². The van der Waals surface area contributed by atoms with Gasteiger partial charge in [-0.05, 0) is 24.3 Å². The summed E-state index contributed by atoms with van der Waals surface area (Å²) in [6.07, 6.45) is 0. The molecule has 4 rings (SSSR count). The first-order chi connectivity index (χ1) is 16.6. The summed E-state index contributed by atoms with van der Waals surface area (Å²) < 4.78 is 5.33. The van der Waals surface area contributed by atoms with E-state index in [-0.39, 0.29) is 13.2 Å². The third kappa shape index (κ3) is 5.74. The van der Waals surface area contributed by atoms with Crippen LogP contribution in [-0.4, -0.2) is 35.9 Å². The van der Waals surface area contributed by atoms with E-state index in [4.69, 9.17) is 4.74 Å². The van der Waals surface area contributed by atoms with Crippen molar-refractivity contribution in [1.82, 2.24) is 21.2 Å². The van der Waals surface area contributed by atoms with Gasteiger partial charge >= 0.3 is 0 Å². The molecule has 170 valence electrons. The largest absolute Gasteiger partial charge is 0.484 e. The molecule has 4 aromatic rings. The number of carbonyl (C=O) groups is 3. The summed E-state index contributed by atoms with van der Waals surface area (Å²) in [4.78, 5) is 41.5. The number of aromatic nitrogens is 1. The van der Waals surface area contributed by atoms with E-state index in [1.807, 2.05) is 54.6 Å². The van der Waals surface area contributed by atoms with Gasteiger partial charge in [0.25, 0.3) is 17.7 Å². The van der Waals surface area contributed by atoms with Gasteiger partial charge in [0.15, 0.2) is 6.61 Å². The molecule has 0 saturated carbocycles. The molecule has 3 N–H and O–H groups in total. The van der Waals surface area contributed by atoms with E-state index in [2.05, 4.69) is 21.2 Å². The van der Waals surface area contributed by atoms with Crippen molar-refractivity contribution in [3.05, 3.63) is 96.6 Å². The first-order valence-electron chi connectivity index (χ1n) is 10.6. The number of hydrazine groups is 1. The number of rotatable bonds is 7. The van der Waals surface area contributed by atoms with Gasteiger partial charge in [0.1, 0.15) is 5.75 Å². The Morgan fingerprint density at radius 2 is 1.44 bits per heavy atom. The molecule has 0 saturated heterocycles. The summed E-state index contributed by atoms with van der Waals surface area (Å²) in [6.45, 7) is -0.543. The summed E-state index contributed by atoms with van der Waals surface area (Å²) >= 11 is 0. The van der Waals surface area contributed by atoms with Crippen molar-refractivity contribution >= 4 is 28.6 Å². The highest BCUT2D eigenvalue weighted by Crippen LogP contribution is 2.24. The van der Waals surface area contributed by atoms with Crippen LogP contribution in [0.5, 0.6) is 5.75 Å². The van der Waals surface area contributed by atoms with Crippen molar-refractivity contribution in [2.45, 2.75) is 0 Å². The molecule has 0 fully saturated rings. The molecule has 0 radical (unpaired) electrons. The number of amides is 3. The Balaban J connectivity index is 1.35. The van der Waals surface area contributed by atoms with E-state index in [0.717, 1.165) is 5.56 Å². The fourth-order valence-electron chi connectivity index (χ4n) is 3.25. The van der Waals surface area contributed by atoms with Crippen molar-refractivity contribution in [2.24, 2.45) is 0 Å². The predicted octanol–water partition coefficient (Wildman–Crippen LogP) is 2.86. The van der Waals surface area contributed by atoms with E-state index in [0.29, 0.717) is 27.9 Å². The van der Waals surface area contributed by atoms with Crippen molar-refractivity contribution in [2.75, 3.05) is 13.2 Å². The Bertz CT molecular complexity index is 1310. The normalized spacial score (nSPS) is 10.4. The number of nitrogens with one attached hydrogen (secondary N) is 3. The van der Waals surface area contributed by atoms with Crippen LogP contribution in [0.3, 0.4) is 0 Å². The lowest BCUT2D eigenvalue weighted by molar-refractivity contribution is -0.127. The van der Waals surface area contributed by atoms with Gasteiger partial charge < -0.3 is 10.1 Å². The average molecular weight is 454 g/mol. The minimum atomic E-state index is -0.581. The number of hydrogen-bond donors (Lipinski definition) is 3. The van der Waals surface area contributed by atoms with Crippen molar-refractivity contribution < 1.29 is 19.1 Å². The molecule has 8 nitrogen and oxygen atoms in total. The van der Waals surface area contributed by atoms with Crippen molar-refractivity contribution in [3.63, 3.8) is 0 Å². The first-order valence-corrected chi connectivity index (χ1v) is 10.6. The number of carbonyl (C=O) groups excluding carboxylic acids is 3. The lowest BCUT2D eigenvalue weighted by Gasteiger charge is -2.12. The molecule has 3 amide bonds. The summed E-state index contributed by atoms with van der Waals surface area (Å²) in [5, 5.41) is 3.09. The second-order valence-corrected chi connectivity index (χ2v) is 7.32. The van der Waals surface area contributed by atoms with E-state index in [1.54, 1.807) is 36.4 Å². The molecule has 0 aliphatic heterocycles. The summed E-state index contributed by atoms with van der Waals surface area (Å²) in [5.74, 6) is -0.988. The van der Waals surface area contributed by atoms with Crippen LogP contribution in [0, 0.1) is 0 Å². The Labute approximate surface area is 195 Å². The minimum absolute atomic E-state index is 0.227. The third-order valence-electron chi connectivity index (χ3n) is 4.91. The van der Waals surface area contributed by atoms with Gasteiger partial charge in [0.2, 0.25) is 0 Å². The second-order valence-electron chi connectivity index (χ2n) is 7.32. The van der Waals surface area contributed by atoms with Crippen LogP contribution in [0.1, 0.15) is 10.4 Å². The van der Waals surface area contributed by atoms with Crippen LogP contribution in [0.25, 0.3) is 22.2 Å². The first kappa shape index (κ1) is 22.5. The number of pyridine rings is 1. The van der Waals surface area contributed by atoms with Crippen molar-refractivity contribution in [3.8, 4) is 17.0 Å². The van der Waals surface area contributed by atoms with Crippen LogP contribution < -0.4 is 20.9 Å². The van der Waals surface area contributed by atoms with Crippen LogP contribution in [0.4, 0.5) is 0 Å². The lowest BCUT2D eigenvalue weighted by Crippen LogP contribution is -2.47. The quantitative estimate of drug-likeness (QED) is 0.372. The number of hydrogen-bond acceptors (Lipinski definition) is 5. The van der Waals surface area contributed by atoms with Crippen LogP contribution in [-0.2, 0) is 9.59 Å². The summed E-state index contributed by atoms with van der Waals surface area (Å²) in [5.41, 5.74) is 7.25. The van der Waals surface area contributed by atoms with E-state index in [9.17, 15) is 14.4 Å². The number of nitrogens with zero attached hydrogens (tertiary/aromatic N) is 1. The standard InChI is InChI=1S/C26H22N4O4/c31-24(16-27-25(32)17-34-19-11-5-2-6-12-19)29-30-26(33)21-15-23(18-9-3-1-4-10-18)28-22-14-8-7-13-20(21)22/h1-15H,16-17H2,(H,27,32)(H,29,31)(H,30,33).